The van der Waals surface area contributed by atoms with Gasteiger partial charge in [-0.3, -0.25) is 4.79 Å². The molecule has 0 aromatic carbocycles. The van der Waals surface area contributed by atoms with E-state index in [4.69, 9.17) is 4.74 Å². The van der Waals surface area contributed by atoms with Crippen molar-refractivity contribution in [3.8, 4) is 5.88 Å². The number of ether oxygens (including phenoxy) is 1. The summed E-state index contributed by atoms with van der Waals surface area (Å²) < 4.78 is 5.83. The Morgan fingerprint density at radius 2 is 2.30 bits per heavy atom. The van der Waals surface area contributed by atoms with Gasteiger partial charge in [0.25, 0.3) is 0 Å². The number of nitrogens with zero attached hydrogens (tertiary/aromatic N) is 2. The molecular formula is C15H19N3O2. The summed E-state index contributed by atoms with van der Waals surface area (Å²) in [4.78, 5) is 22.5. The number of rotatable bonds is 6. The minimum atomic E-state index is 0.0945. The van der Waals surface area contributed by atoms with E-state index in [2.05, 4.69) is 21.9 Å². The zero-order chi connectivity index (χ0) is 14.5. The summed E-state index contributed by atoms with van der Waals surface area (Å²) in [5.41, 5.74) is 1.67. The fourth-order valence-corrected chi connectivity index (χ4v) is 1.80. The topological polar surface area (TPSA) is 67.9 Å². The Bertz CT molecular complexity index is 631. The molecule has 0 fully saturated rings. The number of carbonyl (C=O) groups excluding carboxylic acids is 1. The molecule has 0 bridgehead atoms. The minimum absolute atomic E-state index is 0.0945. The van der Waals surface area contributed by atoms with Gasteiger partial charge in [-0.1, -0.05) is 19.1 Å². The van der Waals surface area contributed by atoms with E-state index < -0.39 is 0 Å². The van der Waals surface area contributed by atoms with Crippen molar-refractivity contribution in [1.82, 2.24) is 15.0 Å². The van der Waals surface area contributed by atoms with E-state index in [0.29, 0.717) is 12.3 Å². The van der Waals surface area contributed by atoms with Crippen LogP contribution in [0, 0.1) is 0 Å². The molecule has 2 rings (SSSR count). The van der Waals surface area contributed by atoms with Crippen molar-refractivity contribution >= 4 is 22.9 Å². The summed E-state index contributed by atoms with van der Waals surface area (Å²) in [6, 6.07) is 0. The first kappa shape index (κ1) is 14.2. The molecule has 0 aliphatic carbocycles. The average Bonchev–Trinajstić information content (AvgIpc) is 2.83. The van der Waals surface area contributed by atoms with Crippen LogP contribution >= 0.6 is 0 Å². The van der Waals surface area contributed by atoms with Crippen molar-refractivity contribution in [3.63, 3.8) is 0 Å². The van der Waals surface area contributed by atoms with Crippen molar-refractivity contribution in [1.29, 1.82) is 0 Å². The van der Waals surface area contributed by atoms with Crippen LogP contribution in [0.25, 0.3) is 17.1 Å². The summed E-state index contributed by atoms with van der Waals surface area (Å²) in [6.45, 7) is 5.64. The van der Waals surface area contributed by atoms with E-state index >= 15 is 0 Å². The Morgan fingerprint density at radius 1 is 1.50 bits per heavy atom. The molecule has 20 heavy (non-hydrogen) atoms. The molecule has 5 heteroatoms. The van der Waals surface area contributed by atoms with Crippen LogP contribution in [0.2, 0.25) is 0 Å². The molecule has 2 aromatic rings. The van der Waals surface area contributed by atoms with Crippen LogP contribution in [-0.4, -0.2) is 26.8 Å². The van der Waals surface area contributed by atoms with Gasteiger partial charge in [0.05, 0.1) is 11.5 Å². The lowest BCUT2D eigenvalue weighted by Gasteiger charge is -2.12. The number of nitrogens with one attached hydrogen (secondary N) is 1. The van der Waals surface area contributed by atoms with E-state index in [1.807, 2.05) is 25.3 Å². The lowest BCUT2D eigenvalue weighted by atomic mass is 10.2. The molecule has 0 saturated heterocycles. The van der Waals surface area contributed by atoms with E-state index in [-0.39, 0.29) is 11.9 Å². The van der Waals surface area contributed by atoms with Crippen LogP contribution in [0.5, 0.6) is 5.88 Å². The van der Waals surface area contributed by atoms with Gasteiger partial charge >= 0.3 is 0 Å². The lowest BCUT2D eigenvalue weighted by molar-refractivity contribution is -0.116. The number of aromatic amines is 1. The molecule has 0 spiro atoms. The number of carbonyl (C=O) groups is 1. The predicted molar refractivity (Wildman–Crippen MR) is 78.6 cm³/mol. The van der Waals surface area contributed by atoms with Crippen LogP contribution in [0.3, 0.4) is 0 Å². The molecule has 0 amide bonds. The maximum Gasteiger partial charge on any atom is 0.226 e. The van der Waals surface area contributed by atoms with Gasteiger partial charge < -0.3 is 9.72 Å². The van der Waals surface area contributed by atoms with Crippen LogP contribution < -0.4 is 4.74 Å². The lowest BCUT2D eigenvalue weighted by Crippen LogP contribution is -2.11. The van der Waals surface area contributed by atoms with E-state index in [1.165, 1.54) is 6.33 Å². The first-order valence-electron chi connectivity index (χ1n) is 6.76. The van der Waals surface area contributed by atoms with E-state index in [1.54, 1.807) is 6.92 Å². The van der Waals surface area contributed by atoms with E-state index in [9.17, 15) is 4.79 Å². The van der Waals surface area contributed by atoms with Gasteiger partial charge in [0, 0.05) is 18.2 Å². The number of allylic oxidation sites excluding steroid dienone is 1. The SMILES string of the molecule is CCC(C)Oc1ncnc2[nH]cc(/C=C/CC(C)=O)c12. The molecular weight excluding hydrogens is 254 g/mol. The molecule has 0 aliphatic heterocycles. The Kier molecular flexibility index (Phi) is 4.50. The predicted octanol–water partition coefficient (Wildman–Crippen LogP) is 3.13. The molecule has 1 atom stereocenters. The van der Waals surface area contributed by atoms with Crippen molar-refractivity contribution in [2.75, 3.05) is 0 Å². The second-order valence-corrected chi connectivity index (χ2v) is 4.79. The molecule has 106 valence electrons. The number of hydrogen-bond donors (Lipinski definition) is 1. The van der Waals surface area contributed by atoms with Gasteiger partial charge in [-0.25, -0.2) is 9.97 Å². The van der Waals surface area contributed by atoms with Crippen LogP contribution in [0.15, 0.2) is 18.6 Å². The fraction of sp³-hybridized carbons (Fsp3) is 0.400. The Morgan fingerprint density at radius 3 is 3.00 bits per heavy atom. The van der Waals surface area contributed by atoms with Crippen molar-refractivity contribution in [2.45, 2.75) is 39.7 Å². The van der Waals surface area contributed by atoms with Crippen LogP contribution in [-0.2, 0) is 4.79 Å². The summed E-state index contributed by atoms with van der Waals surface area (Å²) >= 11 is 0. The van der Waals surface area contributed by atoms with Gasteiger partial charge in [-0.05, 0) is 20.3 Å². The molecule has 5 nitrogen and oxygen atoms in total. The second-order valence-electron chi connectivity index (χ2n) is 4.79. The van der Waals surface area contributed by atoms with Gasteiger partial charge in [0.1, 0.15) is 17.8 Å². The molecule has 0 aliphatic rings. The summed E-state index contributed by atoms with van der Waals surface area (Å²) in [6.07, 6.45) is 8.49. The number of H-pyrrole nitrogens is 1. The smallest absolute Gasteiger partial charge is 0.226 e. The third kappa shape index (κ3) is 3.23. The zero-order valence-electron chi connectivity index (χ0n) is 12.0. The third-order valence-corrected chi connectivity index (χ3v) is 3.06. The zero-order valence-corrected chi connectivity index (χ0v) is 12.0. The molecule has 2 heterocycles. The highest BCUT2D eigenvalue weighted by atomic mass is 16.5. The molecule has 0 radical (unpaired) electrons. The van der Waals surface area contributed by atoms with Gasteiger partial charge in [-0.15, -0.1) is 0 Å². The summed E-state index contributed by atoms with van der Waals surface area (Å²) in [5.74, 6) is 0.710. The van der Waals surface area contributed by atoms with Gasteiger partial charge in [0.15, 0.2) is 0 Å². The number of fused-ring (bicyclic) bond motifs is 1. The van der Waals surface area contributed by atoms with Crippen LogP contribution in [0.1, 0.15) is 39.2 Å². The van der Waals surface area contributed by atoms with E-state index in [0.717, 1.165) is 23.0 Å². The monoisotopic (exact) mass is 273 g/mol. The normalized spacial score (nSPS) is 12.9. The maximum absolute atomic E-state index is 11.0. The summed E-state index contributed by atoms with van der Waals surface area (Å²) in [5, 5.41) is 0.854. The first-order chi connectivity index (χ1) is 9.61. The highest BCUT2D eigenvalue weighted by Crippen LogP contribution is 2.27. The Hall–Kier alpha value is -2.17. The number of Topliss-reactive ketones (excluding diaryl/α,β-unsaturated/α-hetero) is 1. The quantitative estimate of drug-likeness (QED) is 0.878. The maximum atomic E-state index is 11.0. The summed E-state index contributed by atoms with van der Waals surface area (Å²) in [7, 11) is 0. The fourth-order valence-electron chi connectivity index (χ4n) is 1.80. The van der Waals surface area contributed by atoms with Crippen molar-refractivity contribution in [3.05, 3.63) is 24.2 Å². The molecule has 0 saturated carbocycles. The number of aromatic nitrogens is 3. The standard InChI is InChI=1S/C15H19N3O2/c1-4-11(3)20-15-13-12(7-5-6-10(2)19)8-16-14(13)17-9-18-15/h5,7-9,11H,4,6H2,1-3H3,(H,16,17,18)/b7-5+. The Balaban J connectivity index is 2.36. The Labute approximate surface area is 118 Å². The minimum Gasteiger partial charge on any atom is -0.474 e. The second kappa shape index (κ2) is 6.32. The van der Waals surface area contributed by atoms with Gasteiger partial charge in [-0.2, -0.15) is 0 Å². The van der Waals surface area contributed by atoms with Gasteiger partial charge in [0.2, 0.25) is 5.88 Å². The van der Waals surface area contributed by atoms with Crippen molar-refractivity contribution < 1.29 is 9.53 Å². The molecule has 1 unspecified atom stereocenters. The number of ketones is 1. The van der Waals surface area contributed by atoms with Crippen molar-refractivity contribution in [2.24, 2.45) is 0 Å². The largest absolute Gasteiger partial charge is 0.474 e. The highest BCUT2D eigenvalue weighted by molar-refractivity contribution is 5.90. The third-order valence-electron chi connectivity index (χ3n) is 3.06. The number of hydrogen-bond acceptors (Lipinski definition) is 4. The van der Waals surface area contributed by atoms with Crippen LogP contribution in [0.4, 0.5) is 0 Å². The average molecular weight is 273 g/mol. The first-order valence-corrected chi connectivity index (χ1v) is 6.76. The molecule has 1 N–H and O–H groups in total. The highest BCUT2D eigenvalue weighted by Gasteiger charge is 2.12. The molecule has 2 aromatic heterocycles.